The number of ether oxygens (including phenoxy) is 1. The molecule has 3 N–H and O–H groups in total. The fraction of sp³-hybridized carbons (Fsp3) is 0.500. The van der Waals surface area contributed by atoms with E-state index in [4.69, 9.17) is 10.6 Å². The van der Waals surface area contributed by atoms with E-state index in [0.717, 1.165) is 31.6 Å². The molecule has 1 aliphatic rings. The van der Waals surface area contributed by atoms with E-state index in [1.54, 1.807) is 6.20 Å². The Morgan fingerprint density at radius 1 is 1.72 bits per heavy atom. The normalized spacial score (nSPS) is 19.8. The molecule has 0 amide bonds. The van der Waals surface area contributed by atoms with Gasteiger partial charge in [-0.1, -0.05) is 0 Å². The van der Waals surface area contributed by atoms with Crippen LogP contribution in [0.4, 0.5) is 5.82 Å². The van der Waals surface area contributed by atoms with Crippen LogP contribution < -0.4 is 11.3 Å². The number of carbonyl (C=O) groups excluding carboxylic acids is 1. The lowest BCUT2D eigenvalue weighted by Gasteiger charge is -2.15. The van der Waals surface area contributed by atoms with Crippen molar-refractivity contribution < 1.29 is 9.53 Å². The zero-order valence-electron chi connectivity index (χ0n) is 10.4. The van der Waals surface area contributed by atoms with Crippen LogP contribution in [0.1, 0.15) is 12.0 Å². The van der Waals surface area contributed by atoms with Gasteiger partial charge in [-0.2, -0.15) is 0 Å². The lowest BCUT2D eigenvalue weighted by atomic mass is 10.1. The molecule has 1 aliphatic heterocycles. The molecule has 1 atom stereocenters. The second-order valence-electron chi connectivity index (χ2n) is 4.44. The highest BCUT2D eigenvalue weighted by Crippen LogP contribution is 2.20. The van der Waals surface area contributed by atoms with Crippen molar-refractivity contribution in [1.82, 2.24) is 9.88 Å². The minimum absolute atomic E-state index is 0.00365. The largest absolute Gasteiger partial charge is 0.469 e. The van der Waals surface area contributed by atoms with Gasteiger partial charge in [-0.05, 0) is 30.7 Å². The number of nitrogens with one attached hydrogen (secondary N) is 1. The molecule has 2 rings (SSSR count). The van der Waals surface area contributed by atoms with E-state index >= 15 is 0 Å². The number of methoxy groups -OCH3 is 1. The summed E-state index contributed by atoms with van der Waals surface area (Å²) in [4.78, 5) is 17.7. The first-order chi connectivity index (χ1) is 8.72. The monoisotopic (exact) mass is 250 g/mol. The van der Waals surface area contributed by atoms with Crippen LogP contribution >= 0.6 is 0 Å². The van der Waals surface area contributed by atoms with Gasteiger partial charge in [-0.15, -0.1) is 0 Å². The summed E-state index contributed by atoms with van der Waals surface area (Å²) in [7, 11) is 1.44. The second kappa shape index (κ2) is 5.79. The maximum absolute atomic E-state index is 11.4. The highest BCUT2D eigenvalue weighted by Gasteiger charge is 2.28. The van der Waals surface area contributed by atoms with Gasteiger partial charge in [0.25, 0.3) is 0 Å². The van der Waals surface area contributed by atoms with Crippen molar-refractivity contribution in [2.75, 3.05) is 25.6 Å². The minimum Gasteiger partial charge on any atom is -0.469 e. The number of carbonyl (C=O) groups is 1. The smallest absolute Gasteiger partial charge is 0.310 e. The molecular formula is C12H18N4O2. The first-order valence-electron chi connectivity index (χ1n) is 5.94. The molecular weight excluding hydrogens is 232 g/mol. The minimum atomic E-state index is -0.114. The third kappa shape index (κ3) is 2.96. The highest BCUT2D eigenvalue weighted by molar-refractivity contribution is 5.72. The van der Waals surface area contributed by atoms with Gasteiger partial charge in [-0.25, -0.2) is 10.8 Å². The summed E-state index contributed by atoms with van der Waals surface area (Å²) >= 11 is 0. The predicted octanol–water partition coefficient (Wildman–Crippen LogP) is 0.362. The zero-order valence-corrected chi connectivity index (χ0v) is 10.4. The molecule has 1 aromatic heterocycles. The molecule has 18 heavy (non-hydrogen) atoms. The molecule has 0 spiro atoms. The maximum atomic E-state index is 11.4. The average Bonchev–Trinajstić information content (AvgIpc) is 2.86. The number of likely N-dealkylation sites (tertiary alicyclic amines) is 1. The van der Waals surface area contributed by atoms with Gasteiger partial charge in [0.1, 0.15) is 5.82 Å². The van der Waals surface area contributed by atoms with Crippen molar-refractivity contribution >= 4 is 11.8 Å². The van der Waals surface area contributed by atoms with E-state index in [9.17, 15) is 4.79 Å². The standard InChI is InChI=1S/C12H18N4O2/c1-18-12(17)10-3-5-16(8-10)7-9-2-4-14-11(6-9)15-13/h2,4,6,10H,3,5,7-8,13H2,1H3,(H,14,15). The summed E-state index contributed by atoms with van der Waals surface area (Å²) in [6.45, 7) is 2.46. The number of anilines is 1. The van der Waals surface area contributed by atoms with Gasteiger partial charge in [0.2, 0.25) is 0 Å². The molecule has 1 saturated heterocycles. The molecule has 1 unspecified atom stereocenters. The highest BCUT2D eigenvalue weighted by atomic mass is 16.5. The molecule has 2 heterocycles. The number of nitrogen functional groups attached to an aromatic ring is 1. The average molecular weight is 250 g/mol. The summed E-state index contributed by atoms with van der Waals surface area (Å²) in [5, 5.41) is 0. The molecule has 0 radical (unpaired) electrons. The number of hydrogen-bond donors (Lipinski definition) is 2. The molecule has 0 aliphatic carbocycles. The summed E-state index contributed by atoms with van der Waals surface area (Å²) < 4.78 is 4.77. The second-order valence-corrected chi connectivity index (χ2v) is 4.44. The Morgan fingerprint density at radius 3 is 3.28 bits per heavy atom. The summed E-state index contributed by atoms with van der Waals surface area (Å²) in [6.07, 6.45) is 2.58. The van der Waals surface area contributed by atoms with Crippen molar-refractivity contribution in [3.63, 3.8) is 0 Å². The summed E-state index contributed by atoms with van der Waals surface area (Å²) in [5.41, 5.74) is 3.65. The van der Waals surface area contributed by atoms with E-state index in [-0.39, 0.29) is 11.9 Å². The Bertz CT molecular complexity index is 424. The third-order valence-electron chi connectivity index (χ3n) is 3.19. The molecule has 6 heteroatoms. The molecule has 98 valence electrons. The topological polar surface area (TPSA) is 80.5 Å². The van der Waals surface area contributed by atoms with E-state index < -0.39 is 0 Å². The van der Waals surface area contributed by atoms with E-state index in [1.807, 2.05) is 12.1 Å². The number of hydrogen-bond acceptors (Lipinski definition) is 6. The van der Waals surface area contributed by atoms with Crippen molar-refractivity contribution in [3.05, 3.63) is 23.9 Å². The predicted molar refractivity (Wildman–Crippen MR) is 67.4 cm³/mol. The molecule has 0 saturated carbocycles. The van der Waals surface area contributed by atoms with Crippen LogP contribution in [0.5, 0.6) is 0 Å². The van der Waals surface area contributed by atoms with Crippen LogP contribution in [0.2, 0.25) is 0 Å². The van der Waals surface area contributed by atoms with Crippen LogP contribution in [-0.4, -0.2) is 36.1 Å². The molecule has 1 fully saturated rings. The lowest BCUT2D eigenvalue weighted by Crippen LogP contribution is -2.23. The van der Waals surface area contributed by atoms with Crippen LogP contribution in [0.15, 0.2) is 18.3 Å². The van der Waals surface area contributed by atoms with E-state index in [0.29, 0.717) is 5.82 Å². The number of nitrogens with zero attached hydrogens (tertiary/aromatic N) is 2. The number of aromatic nitrogens is 1. The lowest BCUT2D eigenvalue weighted by molar-refractivity contribution is -0.144. The zero-order chi connectivity index (χ0) is 13.0. The van der Waals surface area contributed by atoms with Gasteiger partial charge in [0, 0.05) is 19.3 Å². The fourth-order valence-corrected chi connectivity index (χ4v) is 2.25. The third-order valence-corrected chi connectivity index (χ3v) is 3.19. The quantitative estimate of drug-likeness (QED) is 0.456. The van der Waals surface area contributed by atoms with E-state index in [2.05, 4.69) is 15.3 Å². The Morgan fingerprint density at radius 2 is 2.56 bits per heavy atom. The number of rotatable bonds is 4. The van der Waals surface area contributed by atoms with Crippen molar-refractivity contribution in [2.24, 2.45) is 11.8 Å². The molecule has 0 bridgehead atoms. The van der Waals surface area contributed by atoms with Gasteiger partial charge in [0.05, 0.1) is 13.0 Å². The number of nitrogens with two attached hydrogens (primary N) is 1. The van der Waals surface area contributed by atoms with Crippen LogP contribution in [0.3, 0.4) is 0 Å². The Hall–Kier alpha value is -1.66. The summed E-state index contributed by atoms with van der Waals surface area (Å²) in [6, 6.07) is 3.86. The van der Waals surface area contributed by atoms with Gasteiger partial charge < -0.3 is 10.2 Å². The Labute approximate surface area is 106 Å². The molecule has 1 aromatic rings. The van der Waals surface area contributed by atoms with Crippen molar-refractivity contribution in [3.8, 4) is 0 Å². The number of esters is 1. The number of pyridine rings is 1. The van der Waals surface area contributed by atoms with Crippen LogP contribution in [0, 0.1) is 5.92 Å². The van der Waals surface area contributed by atoms with E-state index in [1.165, 1.54) is 7.11 Å². The maximum Gasteiger partial charge on any atom is 0.310 e. The van der Waals surface area contributed by atoms with Gasteiger partial charge in [-0.3, -0.25) is 9.69 Å². The SMILES string of the molecule is COC(=O)C1CCN(Cc2ccnc(NN)c2)C1. The first kappa shape index (κ1) is 12.8. The Balaban J connectivity index is 1.92. The Kier molecular flexibility index (Phi) is 4.11. The van der Waals surface area contributed by atoms with Gasteiger partial charge >= 0.3 is 5.97 Å². The fourth-order valence-electron chi connectivity index (χ4n) is 2.25. The van der Waals surface area contributed by atoms with Crippen molar-refractivity contribution in [1.29, 1.82) is 0 Å². The molecule has 6 nitrogen and oxygen atoms in total. The molecule has 0 aromatic carbocycles. The van der Waals surface area contributed by atoms with Gasteiger partial charge in [0.15, 0.2) is 0 Å². The summed E-state index contributed by atoms with van der Waals surface area (Å²) in [5.74, 6) is 5.86. The van der Waals surface area contributed by atoms with Crippen molar-refractivity contribution in [2.45, 2.75) is 13.0 Å². The van der Waals surface area contributed by atoms with Crippen LogP contribution in [-0.2, 0) is 16.1 Å². The number of hydrazine groups is 1. The first-order valence-corrected chi connectivity index (χ1v) is 5.94. The van der Waals surface area contributed by atoms with Crippen LogP contribution in [0.25, 0.3) is 0 Å².